The molecule has 0 radical (unpaired) electrons. The van der Waals surface area contributed by atoms with E-state index in [9.17, 15) is 5.11 Å². The molecule has 0 aromatic heterocycles. The van der Waals surface area contributed by atoms with Gasteiger partial charge in [-0.1, -0.05) is 31.9 Å². The molecule has 0 heterocycles. The highest BCUT2D eigenvalue weighted by atomic mass is 16.5. The van der Waals surface area contributed by atoms with E-state index in [0.29, 0.717) is 5.92 Å². The zero-order valence-electron chi connectivity index (χ0n) is 10.6. The molecule has 0 spiro atoms. The maximum Gasteiger partial charge on any atom is 0.119 e. The predicted molar refractivity (Wildman–Crippen MR) is 69.4 cm³/mol. The van der Waals surface area contributed by atoms with Crippen molar-refractivity contribution >= 4 is 0 Å². The number of hydrogen-bond donors (Lipinski definition) is 1. The van der Waals surface area contributed by atoms with Gasteiger partial charge in [-0.05, 0) is 37.0 Å². The van der Waals surface area contributed by atoms with Gasteiger partial charge in [0.05, 0.1) is 12.7 Å². The predicted octanol–water partition coefficient (Wildman–Crippen LogP) is 3.49. The molecule has 94 valence electrons. The van der Waals surface area contributed by atoms with Crippen molar-refractivity contribution in [2.24, 2.45) is 0 Å². The van der Waals surface area contributed by atoms with Crippen LogP contribution in [0.4, 0.5) is 0 Å². The average molecular weight is 234 g/mol. The Hall–Kier alpha value is -1.02. The lowest BCUT2D eigenvalue weighted by Crippen LogP contribution is -2.22. The maximum atomic E-state index is 10.0. The van der Waals surface area contributed by atoms with Crippen LogP contribution in [0.5, 0.6) is 5.75 Å². The average Bonchev–Trinajstić information content (AvgIpc) is 2.38. The SMILES string of the molecule is CCCOc1ccc(C2CCCCC2O)cc1. The minimum Gasteiger partial charge on any atom is -0.494 e. The second-order valence-electron chi connectivity index (χ2n) is 4.88. The molecule has 0 amide bonds. The fourth-order valence-electron chi connectivity index (χ4n) is 2.53. The van der Waals surface area contributed by atoms with E-state index in [0.717, 1.165) is 38.0 Å². The van der Waals surface area contributed by atoms with Crippen molar-refractivity contribution in [3.63, 3.8) is 0 Å². The van der Waals surface area contributed by atoms with Crippen LogP contribution in [0.15, 0.2) is 24.3 Å². The fourth-order valence-corrected chi connectivity index (χ4v) is 2.53. The van der Waals surface area contributed by atoms with Crippen LogP contribution in [0.1, 0.15) is 50.5 Å². The third-order valence-electron chi connectivity index (χ3n) is 3.51. The molecule has 1 saturated carbocycles. The first-order valence-corrected chi connectivity index (χ1v) is 6.72. The number of benzene rings is 1. The number of aliphatic hydroxyl groups is 1. The van der Waals surface area contributed by atoms with Gasteiger partial charge in [-0.2, -0.15) is 0 Å². The van der Waals surface area contributed by atoms with Crippen molar-refractivity contribution in [1.82, 2.24) is 0 Å². The van der Waals surface area contributed by atoms with Gasteiger partial charge in [-0.3, -0.25) is 0 Å². The Bertz CT molecular complexity index is 331. The van der Waals surface area contributed by atoms with Crippen LogP contribution in [-0.4, -0.2) is 17.8 Å². The van der Waals surface area contributed by atoms with E-state index in [4.69, 9.17) is 4.74 Å². The van der Waals surface area contributed by atoms with Crippen molar-refractivity contribution in [2.45, 2.75) is 51.0 Å². The summed E-state index contributed by atoms with van der Waals surface area (Å²) in [5, 5.41) is 10.0. The Balaban J connectivity index is 2.01. The van der Waals surface area contributed by atoms with Crippen molar-refractivity contribution in [3.8, 4) is 5.75 Å². The van der Waals surface area contributed by atoms with Gasteiger partial charge >= 0.3 is 0 Å². The van der Waals surface area contributed by atoms with E-state index in [-0.39, 0.29) is 6.10 Å². The van der Waals surface area contributed by atoms with Crippen molar-refractivity contribution < 1.29 is 9.84 Å². The lowest BCUT2D eigenvalue weighted by Gasteiger charge is -2.28. The highest BCUT2D eigenvalue weighted by molar-refractivity contribution is 5.30. The van der Waals surface area contributed by atoms with E-state index in [1.54, 1.807) is 0 Å². The zero-order valence-corrected chi connectivity index (χ0v) is 10.6. The first-order chi connectivity index (χ1) is 8.31. The van der Waals surface area contributed by atoms with Crippen LogP contribution < -0.4 is 4.74 Å². The molecule has 2 heteroatoms. The van der Waals surface area contributed by atoms with E-state index >= 15 is 0 Å². The normalized spacial score (nSPS) is 24.6. The molecule has 1 aliphatic carbocycles. The molecule has 1 aromatic rings. The van der Waals surface area contributed by atoms with Gasteiger partial charge in [0.2, 0.25) is 0 Å². The summed E-state index contributed by atoms with van der Waals surface area (Å²) in [5.74, 6) is 1.25. The monoisotopic (exact) mass is 234 g/mol. The number of rotatable bonds is 4. The summed E-state index contributed by atoms with van der Waals surface area (Å²) in [5.41, 5.74) is 1.25. The van der Waals surface area contributed by atoms with Gasteiger partial charge in [0.15, 0.2) is 0 Å². The number of ether oxygens (including phenoxy) is 1. The van der Waals surface area contributed by atoms with Gasteiger partial charge in [-0.25, -0.2) is 0 Å². The first kappa shape index (κ1) is 12.4. The molecule has 0 aliphatic heterocycles. The molecule has 17 heavy (non-hydrogen) atoms. The van der Waals surface area contributed by atoms with Gasteiger partial charge in [0, 0.05) is 5.92 Å². The summed E-state index contributed by atoms with van der Waals surface area (Å²) in [7, 11) is 0. The third-order valence-corrected chi connectivity index (χ3v) is 3.51. The van der Waals surface area contributed by atoms with Crippen LogP contribution in [0.3, 0.4) is 0 Å². The summed E-state index contributed by atoms with van der Waals surface area (Å²) >= 11 is 0. The topological polar surface area (TPSA) is 29.5 Å². The van der Waals surface area contributed by atoms with Crippen LogP contribution in [-0.2, 0) is 0 Å². The van der Waals surface area contributed by atoms with Gasteiger partial charge in [-0.15, -0.1) is 0 Å². The Morgan fingerprint density at radius 2 is 1.88 bits per heavy atom. The molecule has 1 aromatic carbocycles. The molecule has 0 bridgehead atoms. The minimum absolute atomic E-state index is 0.161. The summed E-state index contributed by atoms with van der Waals surface area (Å²) in [4.78, 5) is 0. The maximum absolute atomic E-state index is 10.0. The molecule has 2 rings (SSSR count). The molecule has 1 N–H and O–H groups in total. The molecule has 2 unspecified atom stereocenters. The molecular formula is C15H22O2. The highest BCUT2D eigenvalue weighted by Crippen LogP contribution is 2.33. The third kappa shape index (κ3) is 3.22. The quantitative estimate of drug-likeness (QED) is 0.864. The summed E-state index contributed by atoms with van der Waals surface area (Å²) < 4.78 is 5.56. The van der Waals surface area contributed by atoms with Gasteiger partial charge < -0.3 is 9.84 Å². The summed E-state index contributed by atoms with van der Waals surface area (Å²) in [6.07, 6.45) is 5.31. The zero-order chi connectivity index (χ0) is 12.1. The van der Waals surface area contributed by atoms with E-state index < -0.39 is 0 Å². The smallest absolute Gasteiger partial charge is 0.119 e. The Morgan fingerprint density at radius 3 is 2.53 bits per heavy atom. The highest BCUT2D eigenvalue weighted by Gasteiger charge is 2.24. The molecule has 2 atom stereocenters. The number of aliphatic hydroxyl groups excluding tert-OH is 1. The van der Waals surface area contributed by atoms with Crippen molar-refractivity contribution in [2.75, 3.05) is 6.61 Å². The molecule has 2 nitrogen and oxygen atoms in total. The lowest BCUT2D eigenvalue weighted by atomic mass is 9.82. The Labute approximate surface area is 104 Å². The van der Waals surface area contributed by atoms with E-state index in [1.165, 1.54) is 12.0 Å². The Morgan fingerprint density at radius 1 is 1.18 bits per heavy atom. The lowest BCUT2D eigenvalue weighted by molar-refractivity contribution is 0.106. The van der Waals surface area contributed by atoms with E-state index in [1.807, 2.05) is 12.1 Å². The fraction of sp³-hybridized carbons (Fsp3) is 0.600. The minimum atomic E-state index is -0.161. The number of hydrogen-bond acceptors (Lipinski definition) is 2. The van der Waals surface area contributed by atoms with Crippen LogP contribution in [0, 0.1) is 0 Å². The largest absolute Gasteiger partial charge is 0.494 e. The van der Waals surface area contributed by atoms with E-state index in [2.05, 4.69) is 19.1 Å². The molecular weight excluding hydrogens is 212 g/mol. The van der Waals surface area contributed by atoms with Crippen molar-refractivity contribution in [1.29, 1.82) is 0 Å². The van der Waals surface area contributed by atoms with Gasteiger partial charge in [0.25, 0.3) is 0 Å². The second kappa shape index (κ2) is 6.06. The second-order valence-corrected chi connectivity index (χ2v) is 4.88. The van der Waals surface area contributed by atoms with Crippen LogP contribution in [0.2, 0.25) is 0 Å². The van der Waals surface area contributed by atoms with Gasteiger partial charge in [0.1, 0.15) is 5.75 Å². The summed E-state index contributed by atoms with van der Waals surface area (Å²) in [6, 6.07) is 8.24. The first-order valence-electron chi connectivity index (χ1n) is 6.72. The standard InChI is InChI=1S/C15H22O2/c1-2-11-17-13-9-7-12(8-10-13)14-5-3-4-6-15(14)16/h7-10,14-16H,2-6,11H2,1H3. The Kier molecular flexibility index (Phi) is 4.43. The molecule has 1 fully saturated rings. The molecule has 0 saturated heterocycles. The van der Waals surface area contributed by atoms with Crippen molar-refractivity contribution in [3.05, 3.63) is 29.8 Å². The van der Waals surface area contributed by atoms with Crippen LogP contribution in [0.25, 0.3) is 0 Å². The molecule has 1 aliphatic rings. The van der Waals surface area contributed by atoms with Crippen LogP contribution >= 0.6 is 0 Å². The summed E-state index contributed by atoms with van der Waals surface area (Å²) in [6.45, 7) is 2.87.